The van der Waals surface area contributed by atoms with Crippen molar-refractivity contribution >= 4 is 23.2 Å². The van der Waals surface area contributed by atoms with Crippen molar-refractivity contribution in [3.05, 3.63) is 58.6 Å². The Balaban J connectivity index is 2.54. The molecule has 2 aromatic rings. The molecule has 0 aliphatic rings. The third-order valence-corrected chi connectivity index (χ3v) is 3.15. The van der Waals surface area contributed by atoms with Crippen LogP contribution < -0.4 is 0 Å². The molecule has 0 aliphatic heterocycles. The lowest BCUT2D eigenvalue weighted by atomic mass is 10.0. The van der Waals surface area contributed by atoms with Crippen molar-refractivity contribution in [3.63, 3.8) is 0 Å². The summed E-state index contributed by atoms with van der Waals surface area (Å²) >= 11 is 12.0. The van der Waals surface area contributed by atoms with Crippen LogP contribution in [0.15, 0.2) is 42.5 Å². The number of halogens is 2. The molecule has 0 unspecified atom stereocenters. The van der Waals surface area contributed by atoms with Crippen molar-refractivity contribution < 1.29 is 0 Å². The molecule has 0 heterocycles. The second-order valence-electron chi connectivity index (χ2n) is 3.82. The first-order valence-corrected chi connectivity index (χ1v) is 6.03. The van der Waals surface area contributed by atoms with Crippen LogP contribution in [0.25, 0.3) is 11.1 Å². The highest BCUT2D eigenvalue weighted by molar-refractivity contribution is 6.33. The van der Waals surface area contributed by atoms with Crippen LogP contribution in [0.1, 0.15) is 11.1 Å². The fraction of sp³-hybridized carbons (Fsp3) is 0.143. The minimum Gasteiger partial charge on any atom is -0.122 e. The van der Waals surface area contributed by atoms with E-state index in [1.807, 2.05) is 24.3 Å². The Hall–Kier alpha value is -0.980. The zero-order chi connectivity index (χ0) is 11.5. The van der Waals surface area contributed by atoms with Crippen LogP contribution in [0.4, 0.5) is 0 Å². The predicted molar refractivity (Wildman–Crippen MR) is 71.2 cm³/mol. The molecule has 0 saturated carbocycles. The smallest absolute Gasteiger partial charge is 0.0484 e. The molecule has 16 heavy (non-hydrogen) atoms. The molecule has 0 bridgehead atoms. The van der Waals surface area contributed by atoms with Gasteiger partial charge in [-0.15, -0.1) is 11.6 Å². The van der Waals surface area contributed by atoms with E-state index in [1.165, 1.54) is 5.56 Å². The third kappa shape index (κ3) is 2.40. The molecule has 0 amide bonds. The molecule has 0 atom stereocenters. The molecule has 0 radical (unpaired) electrons. The van der Waals surface area contributed by atoms with Crippen molar-refractivity contribution in [2.24, 2.45) is 0 Å². The number of hydrogen-bond acceptors (Lipinski definition) is 0. The van der Waals surface area contributed by atoms with Crippen molar-refractivity contribution in [3.8, 4) is 11.1 Å². The fourth-order valence-electron chi connectivity index (χ4n) is 1.69. The quantitative estimate of drug-likeness (QED) is 0.655. The second-order valence-corrected chi connectivity index (χ2v) is 4.49. The molecular weight excluding hydrogens is 239 g/mol. The van der Waals surface area contributed by atoms with E-state index in [0.717, 1.165) is 21.7 Å². The van der Waals surface area contributed by atoms with Gasteiger partial charge in [0.05, 0.1) is 0 Å². The van der Waals surface area contributed by atoms with E-state index < -0.39 is 0 Å². The topological polar surface area (TPSA) is 0 Å². The summed E-state index contributed by atoms with van der Waals surface area (Å²) in [5, 5.41) is 0.763. The summed E-state index contributed by atoms with van der Waals surface area (Å²) in [6, 6.07) is 14.2. The molecule has 0 aromatic heterocycles. The molecular formula is C14H12Cl2. The van der Waals surface area contributed by atoms with Gasteiger partial charge in [0.25, 0.3) is 0 Å². The highest BCUT2D eigenvalue weighted by Gasteiger charge is 2.04. The lowest BCUT2D eigenvalue weighted by Crippen LogP contribution is -1.84. The Labute approximate surface area is 106 Å². The average molecular weight is 251 g/mol. The normalized spacial score (nSPS) is 10.4. The highest BCUT2D eigenvalue weighted by atomic mass is 35.5. The first-order chi connectivity index (χ1) is 7.70. The van der Waals surface area contributed by atoms with Gasteiger partial charge < -0.3 is 0 Å². The predicted octanol–water partition coefficient (Wildman–Crippen LogP) is 5.05. The van der Waals surface area contributed by atoms with Crippen LogP contribution in [0.5, 0.6) is 0 Å². The molecule has 0 spiro atoms. The Bertz CT molecular complexity index is 504. The summed E-state index contributed by atoms with van der Waals surface area (Å²) < 4.78 is 0. The molecule has 0 nitrogen and oxygen atoms in total. The van der Waals surface area contributed by atoms with Crippen LogP contribution in [0.3, 0.4) is 0 Å². The lowest BCUT2D eigenvalue weighted by molar-refractivity contribution is 1.39. The summed E-state index contributed by atoms with van der Waals surface area (Å²) in [6.45, 7) is 2.07. The van der Waals surface area contributed by atoms with Gasteiger partial charge in [0, 0.05) is 16.5 Å². The number of alkyl halides is 1. The maximum Gasteiger partial charge on any atom is 0.0484 e. The average Bonchev–Trinajstić information content (AvgIpc) is 2.30. The number of hydrogen-bond donors (Lipinski definition) is 0. The third-order valence-electron chi connectivity index (χ3n) is 2.51. The molecule has 2 heteroatoms. The Morgan fingerprint density at radius 2 is 1.88 bits per heavy atom. The van der Waals surface area contributed by atoms with Gasteiger partial charge in [-0.25, -0.2) is 0 Å². The van der Waals surface area contributed by atoms with E-state index in [2.05, 4.69) is 25.1 Å². The van der Waals surface area contributed by atoms with Crippen molar-refractivity contribution in [1.82, 2.24) is 0 Å². The van der Waals surface area contributed by atoms with Gasteiger partial charge in [0.2, 0.25) is 0 Å². The monoisotopic (exact) mass is 250 g/mol. The molecule has 2 aromatic carbocycles. The van der Waals surface area contributed by atoms with E-state index in [-0.39, 0.29) is 0 Å². The summed E-state index contributed by atoms with van der Waals surface area (Å²) in [4.78, 5) is 0. The lowest BCUT2D eigenvalue weighted by Gasteiger charge is -2.07. The SMILES string of the molecule is Cc1cccc(-c2cc(CCl)ccc2Cl)c1. The van der Waals surface area contributed by atoms with Crippen LogP contribution in [-0.4, -0.2) is 0 Å². The van der Waals surface area contributed by atoms with Crippen LogP contribution in [-0.2, 0) is 5.88 Å². The van der Waals surface area contributed by atoms with Gasteiger partial charge in [0.15, 0.2) is 0 Å². The van der Waals surface area contributed by atoms with E-state index in [4.69, 9.17) is 23.2 Å². The minimum atomic E-state index is 0.510. The number of rotatable bonds is 2. The van der Waals surface area contributed by atoms with Gasteiger partial charge in [-0.05, 0) is 30.2 Å². The standard InChI is InChI=1S/C14H12Cl2/c1-10-3-2-4-12(7-10)13-8-11(9-15)5-6-14(13)16/h2-8H,9H2,1H3. The molecule has 0 saturated heterocycles. The van der Waals surface area contributed by atoms with Crippen LogP contribution in [0.2, 0.25) is 5.02 Å². The van der Waals surface area contributed by atoms with Gasteiger partial charge in [-0.1, -0.05) is 47.5 Å². The van der Waals surface area contributed by atoms with Gasteiger partial charge in [-0.3, -0.25) is 0 Å². The van der Waals surface area contributed by atoms with Crippen LogP contribution in [0, 0.1) is 6.92 Å². The van der Waals surface area contributed by atoms with E-state index in [1.54, 1.807) is 0 Å². The maximum absolute atomic E-state index is 6.20. The fourth-order valence-corrected chi connectivity index (χ4v) is 2.08. The molecule has 0 N–H and O–H groups in total. The molecule has 0 aliphatic carbocycles. The number of benzene rings is 2. The van der Waals surface area contributed by atoms with Crippen molar-refractivity contribution in [2.45, 2.75) is 12.8 Å². The summed E-state index contributed by atoms with van der Waals surface area (Å²) in [5.41, 5.74) is 4.49. The first-order valence-electron chi connectivity index (χ1n) is 5.12. The number of aryl methyl sites for hydroxylation is 1. The van der Waals surface area contributed by atoms with Gasteiger partial charge >= 0.3 is 0 Å². The molecule has 0 fully saturated rings. The van der Waals surface area contributed by atoms with Crippen LogP contribution >= 0.6 is 23.2 Å². The Kier molecular flexibility index (Phi) is 3.52. The van der Waals surface area contributed by atoms with Crippen molar-refractivity contribution in [1.29, 1.82) is 0 Å². The summed E-state index contributed by atoms with van der Waals surface area (Å²) in [7, 11) is 0. The van der Waals surface area contributed by atoms with Gasteiger partial charge in [-0.2, -0.15) is 0 Å². The minimum absolute atomic E-state index is 0.510. The van der Waals surface area contributed by atoms with Gasteiger partial charge in [0.1, 0.15) is 0 Å². The summed E-state index contributed by atoms with van der Waals surface area (Å²) in [6.07, 6.45) is 0. The zero-order valence-electron chi connectivity index (χ0n) is 9.00. The Morgan fingerprint density at radius 3 is 2.56 bits per heavy atom. The second kappa shape index (κ2) is 4.90. The zero-order valence-corrected chi connectivity index (χ0v) is 10.5. The van der Waals surface area contributed by atoms with E-state index >= 15 is 0 Å². The van der Waals surface area contributed by atoms with E-state index in [9.17, 15) is 0 Å². The first kappa shape index (κ1) is 11.5. The van der Waals surface area contributed by atoms with Crippen molar-refractivity contribution in [2.75, 3.05) is 0 Å². The largest absolute Gasteiger partial charge is 0.122 e. The molecule has 2 rings (SSSR count). The summed E-state index contributed by atoms with van der Waals surface area (Å²) in [5.74, 6) is 0.510. The Morgan fingerprint density at radius 1 is 1.06 bits per heavy atom. The highest BCUT2D eigenvalue weighted by Crippen LogP contribution is 2.29. The maximum atomic E-state index is 6.20. The molecule has 82 valence electrons. The van der Waals surface area contributed by atoms with E-state index in [0.29, 0.717) is 5.88 Å².